The number of sulfonamides is 2. The Balaban J connectivity index is 1.88. The lowest BCUT2D eigenvalue weighted by Gasteiger charge is -2.20. The molecule has 0 spiro atoms. The van der Waals surface area contributed by atoms with Crippen LogP contribution in [0.1, 0.15) is 10.4 Å². The van der Waals surface area contributed by atoms with Gasteiger partial charge in [-0.15, -0.1) is 18.0 Å². The Bertz CT molecular complexity index is 1870. The SMILES string of the molecule is CN(C)c1cc[n+](C(=N)N(S(=O)(=O)c2ccc(Cl)cc2)S(=O)(=O)c2cc(C(=O)Nc3ccccc3)c(Cl)cc2S)cc1. The number of para-hydroxylation sites is 1. The summed E-state index contributed by atoms with van der Waals surface area (Å²) in [5, 5.41) is 11.5. The van der Waals surface area contributed by atoms with E-state index in [0.29, 0.717) is 5.69 Å². The van der Waals surface area contributed by atoms with Gasteiger partial charge < -0.3 is 10.2 Å². The Kier molecular flexibility index (Phi) is 9.18. The fraction of sp³-hybridized carbons (Fsp3) is 0.0741. The number of aromatic nitrogens is 1. The van der Waals surface area contributed by atoms with Crippen molar-refractivity contribution in [1.29, 1.82) is 5.41 Å². The van der Waals surface area contributed by atoms with E-state index in [2.05, 4.69) is 17.9 Å². The summed E-state index contributed by atoms with van der Waals surface area (Å²) in [5.74, 6) is -1.68. The van der Waals surface area contributed by atoms with Crippen molar-refractivity contribution in [3.8, 4) is 0 Å². The van der Waals surface area contributed by atoms with E-state index in [0.717, 1.165) is 34.5 Å². The average Bonchev–Trinajstić information content (AvgIpc) is 2.93. The lowest BCUT2D eigenvalue weighted by atomic mass is 10.2. The molecule has 0 atom stereocenters. The van der Waals surface area contributed by atoms with Gasteiger partial charge in [0.15, 0.2) is 0 Å². The zero-order chi connectivity index (χ0) is 30.8. The average molecular weight is 666 g/mol. The van der Waals surface area contributed by atoms with Gasteiger partial charge in [0.1, 0.15) is 9.79 Å². The molecule has 0 unspecified atom stereocenters. The van der Waals surface area contributed by atoms with Gasteiger partial charge in [-0.1, -0.05) is 41.4 Å². The summed E-state index contributed by atoms with van der Waals surface area (Å²) in [6.07, 6.45) is 2.69. The maximum Gasteiger partial charge on any atom is 0.421 e. The molecule has 2 N–H and O–H groups in total. The molecule has 0 bridgehead atoms. The first kappa shape index (κ1) is 31.3. The highest BCUT2D eigenvalue weighted by molar-refractivity contribution is 8.05. The number of amides is 1. The first-order chi connectivity index (χ1) is 19.7. The molecule has 1 aromatic heterocycles. The maximum absolute atomic E-state index is 14.2. The van der Waals surface area contributed by atoms with Gasteiger partial charge in [0.2, 0.25) is 0 Å². The van der Waals surface area contributed by atoms with Crippen LogP contribution in [0.5, 0.6) is 0 Å². The molecule has 4 rings (SSSR count). The molecule has 218 valence electrons. The van der Waals surface area contributed by atoms with Crippen molar-refractivity contribution in [3.05, 3.63) is 107 Å². The van der Waals surface area contributed by atoms with Crippen molar-refractivity contribution in [2.75, 3.05) is 24.3 Å². The molecule has 15 heteroatoms. The first-order valence-corrected chi connectivity index (χ1v) is 16.0. The predicted molar refractivity (Wildman–Crippen MR) is 165 cm³/mol. The number of carbonyl (C=O) groups is 1. The molecule has 3 aromatic carbocycles. The number of hydrogen-bond donors (Lipinski definition) is 3. The number of nitrogens with zero attached hydrogens (tertiary/aromatic N) is 3. The van der Waals surface area contributed by atoms with E-state index in [1.165, 1.54) is 24.5 Å². The highest BCUT2D eigenvalue weighted by atomic mass is 35.5. The minimum atomic E-state index is -5.13. The number of halogens is 2. The molecule has 0 saturated carbocycles. The summed E-state index contributed by atoms with van der Waals surface area (Å²) in [5.41, 5.74) is 0.887. The van der Waals surface area contributed by atoms with Crippen LogP contribution < -0.4 is 14.8 Å². The third-order valence-electron chi connectivity index (χ3n) is 5.90. The monoisotopic (exact) mass is 664 g/mol. The summed E-state index contributed by atoms with van der Waals surface area (Å²) in [7, 11) is -6.50. The number of anilines is 2. The Hall–Kier alpha value is -3.62. The van der Waals surface area contributed by atoms with Crippen molar-refractivity contribution < 1.29 is 26.2 Å². The molecule has 0 aliphatic carbocycles. The number of thiol groups is 1. The molecule has 10 nitrogen and oxygen atoms in total. The second kappa shape index (κ2) is 12.3. The van der Waals surface area contributed by atoms with Crippen LogP contribution in [0.15, 0.2) is 106 Å². The molecule has 1 amide bonds. The smallest absolute Gasteiger partial charge is 0.377 e. The van der Waals surface area contributed by atoms with E-state index >= 15 is 0 Å². The van der Waals surface area contributed by atoms with E-state index in [1.807, 2.05) is 0 Å². The van der Waals surface area contributed by atoms with Gasteiger partial charge in [-0.25, -0.2) is 4.57 Å². The Morgan fingerprint density at radius 2 is 1.48 bits per heavy atom. The summed E-state index contributed by atoms with van der Waals surface area (Å²) < 4.78 is 57.2. The van der Waals surface area contributed by atoms with Crippen molar-refractivity contribution in [2.45, 2.75) is 14.7 Å². The van der Waals surface area contributed by atoms with Crippen molar-refractivity contribution >= 4 is 79.1 Å². The van der Waals surface area contributed by atoms with Crippen LogP contribution in [-0.4, -0.2) is 46.5 Å². The topological polar surface area (TPSA) is 132 Å². The molecule has 4 aromatic rings. The fourth-order valence-corrected chi connectivity index (χ4v) is 8.35. The van der Waals surface area contributed by atoms with E-state index < -0.39 is 41.7 Å². The Labute approximate surface area is 259 Å². The second-order valence-electron chi connectivity index (χ2n) is 8.96. The largest absolute Gasteiger partial charge is 0.421 e. The number of pyridine rings is 1. The lowest BCUT2D eigenvalue weighted by molar-refractivity contribution is -0.562. The standard InChI is InChI=1S/C27H23Cl2N5O5S3/c1-32(2)20-12-14-33(15-13-20)27(30)34(41(36,37)21-10-8-18(28)9-11-21)42(38,39)25-16-22(23(29)17-24(25)40)26(35)31-19-6-4-3-5-7-19/h3-17,30H,1-2H3,(H-,31,35,40)/p+1. The van der Waals surface area contributed by atoms with Crippen LogP contribution in [0.2, 0.25) is 10.0 Å². The summed E-state index contributed by atoms with van der Waals surface area (Å²) in [6, 6.07) is 18.4. The zero-order valence-electron chi connectivity index (χ0n) is 22.1. The van der Waals surface area contributed by atoms with Crippen LogP contribution in [0.4, 0.5) is 11.4 Å². The molecule has 0 aliphatic rings. The molecule has 0 radical (unpaired) electrons. The molecule has 42 heavy (non-hydrogen) atoms. The normalized spacial score (nSPS) is 11.5. The fourth-order valence-electron chi connectivity index (χ4n) is 3.74. The van der Waals surface area contributed by atoms with Gasteiger partial charge in [0.05, 0.1) is 23.0 Å². The number of carbonyl (C=O) groups excluding carboxylic acids is 1. The Morgan fingerprint density at radius 1 is 0.881 bits per heavy atom. The van der Waals surface area contributed by atoms with Gasteiger partial charge in [-0.3, -0.25) is 4.79 Å². The predicted octanol–water partition coefficient (Wildman–Crippen LogP) is 4.75. The minimum absolute atomic E-state index is 0.0274. The van der Waals surface area contributed by atoms with Gasteiger partial charge in [-0.05, 0) is 64.4 Å². The van der Waals surface area contributed by atoms with E-state index in [9.17, 15) is 21.6 Å². The molecule has 0 aliphatic heterocycles. The summed E-state index contributed by atoms with van der Waals surface area (Å²) >= 11 is 16.5. The molecule has 1 heterocycles. The Morgan fingerprint density at radius 3 is 2.05 bits per heavy atom. The highest BCUT2D eigenvalue weighted by Crippen LogP contribution is 2.33. The molecule has 0 fully saturated rings. The quantitative estimate of drug-likeness (QED) is 0.113. The van der Waals surface area contributed by atoms with E-state index in [-0.39, 0.29) is 24.2 Å². The van der Waals surface area contributed by atoms with Gasteiger partial charge in [0.25, 0.3) is 5.91 Å². The third kappa shape index (κ3) is 6.40. The molecular weight excluding hydrogens is 641 g/mol. The number of benzene rings is 3. The highest BCUT2D eigenvalue weighted by Gasteiger charge is 2.47. The lowest BCUT2D eigenvalue weighted by Crippen LogP contribution is -2.56. The number of hydrogen-bond acceptors (Lipinski definition) is 8. The van der Waals surface area contributed by atoms with Crippen molar-refractivity contribution in [3.63, 3.8) is 0 Å². The third-order valence-corrected chi connectivity index (χ3v) is 11.1. The number of nitrogens with one attached hydrogen (secondary N) is 2. The van der Waals surface area contributed by atoms with E-state index in [4.69, 9.17) is 28.6 Å². The van der Waals surface area contributed by atoms with Crippen LogP contribution in [0, 0.1) is 5.41 Å². The minimum Gasteiger partial charge on any atom is -0.377 e. The summed E-state index contributed by atoms with van der Waals surface area (Å²) in [6.45, 7) is 0. The molecule has 0 saturated heterocycles. The van der Waals surface area contributed by atoms with Crippen LogP contribution in [0.3, 0.4) is 0 Å². The first-order valence-electron chi connectivity index (χ1n) is 12.0. The van der Waals surface area contributed by atoms with Crippen molar-refractivity contribution in [1.82, 2.24) is 3.71 Å². The van der Waals surface area contributed by atoms with Gasteiger partial charge in [-0.2, -0.15) is 16.8 Å². The van der Waals surface area contributed by atoms with Crippen LogP contribution in [-0.2, 0) is 20.0 Å². The van der Waals surface area contributed by atoms with Crippen LogP contribution >= 0.6 is 35.8 Å². The number of rotatable bonds is 7. The summed E-state index contributed by atoms with van der Waals surface area (Å²) in [4.78, 5) is 13.5. The molecular formula is C27H24Cl2N5O5S3+. The second-order valence-corrected chi connectivity index (χ2v) is 14.1. The van der Waals surface area contributed by atoms with Gasteiger partial charge in [0, 0.05) is 35.4 Å². The van der Waals surface area contributed by atoms with Crippen LogP contribution in [0.25, 0.3) is 0 Å². The van der Waals surface area contributed by atoms with Gasteiger partial charge >= 0.3 is 26.0 Å². The van der Waals surface area contributed by atoms with Crippen molar-refractivity contribution in [2.24, 2.45) is 0 Å². The van der Waals surface area contributed by atoms with E-state index in [1.54, 1.807) is 61.5 Å². The maximum atomic E-state index is 14.2. The zero-order valence-corrected chi connectivity index (χ0v) is 26.1.